The molecule has 3 heterocycles. The zero-order chi connectivity index (χ0) is 29.3. The molecule has 5 N–H and O–H groups in total. The third-order valence-corrected chi connectivity index (χ3v) is 6.58. The van der Waals surface area contributed by atoms with E-state index in [-0.39, 0.29) is 5.92 Å². The van der Waals surface area contributed by atoms with E-state index < -0.39 is 12.1 Å². The third-order valence-electron chi connectivity index (χ3n) is 6.58. The normalized spacial score (nSPS) is 13.2. The summed E-state index contributed by atoms with van der Waals surface area (Å²) in [6.07, 6.45) is -4.20. The molecule has 1 unspecified atom stereocenters. The Morgan fingerprint density at radius 2 is 1.76 bits per heavy atom. The first-order valence-electron chi connectivity index (χ1n) is 12.5. The summed E-state index contributed by atoms with van der Waals surface area (Å²) in [6, 6.07) is 24.0. The van der Waals surface area contributed by atoms with Crippen LogP contribution in [0, 0.1) is 0 Å². The molecule has 0 amide bonds. The van der Waals surface area contributed by atoms with Crippen molar-refractivity contribution in [3.05, 3.63) is 95.4 Å². The number of carboxylic acids is 1. The van der Waals surface area contributed by atoms with Gasteiger partial charge in [-0.1, -0.05) is 42.5 Å². The molecule has 12 heteroatoms. The molecule has 9 nitrogen and oxygen atoms in total. The van der Waals surface area contributed by atoms with E-state index in [0.717, 1.165) is 45.6 Å². The SMILES string of the molecule is Cn1nc(-c2ccccc2)nc1C(c1ccc2c(c1)CCO2)c1cc2cc(N)ccc2c(N)n1.O=C(O)C(F)(F)F. The van der Waals surface area contributed by atoms with Crippen molar-refractivity contribution < 1.29 is 27.8 Å². The molecule has 5 aromatic rings. The zero-order valence-corrected chi connectivity index (χ0v) is 21.8. The van der Waals surface area contributed by atoms with Crippen molar-refractivity contribution in [2.45, 2.75) is 18.5 Å². The van der Waals surface area contributed by atoms with Crippen LogP contribution in [0.25, 0.3) is 22.2 Å². The van der Waals surface area contributed by atoms with Crippen molar-refractivity contribution in [1.29, 1.82) is 0 Å². The van der Waals surface area contributed by atoms with Gasteiger partial charge in [0.05, 0.1) is 18.2 Å². The number of alkyl halides is 3. The monoisotopic (exact) mass is 562 g/mol. The predicted molar refractivity (Wildman–Crippen MR) is 147 cm³/mol. The number of nitrogens with zero attached hydrogens (tertiary/aromatic N) is 4. The van der Waals surface area contributed by atoms with E-state index in [9.17, 15) is 13.2 Å². The molecular weight excluding hydrogens is 537 g/mol. The number of hydrogen-bond acceptors (Lipinski definition) is 7. The Kier molecular flexibility index (Phi) is 7.22. The van der Waals surface area contributed by atoms with Gasteiger partial charge in [0.1, 0.15) is 17.4 Å². The molecule has 1 aliphatic heterocycles. The van der Waals surface area contributed by atoms with Gasteiger partial charge in [0, 0.05) is 30.1 Å². The van der Waals surface area contributed by atoms with Crippen molar-refractivity contribution in [1.82, 2.24) is 19.7 Å². The number of carbonyl (C=O) groups is 1. The van der Waals surface area contributed by atoms with Crippen LogP contribution in [0.15, 0.2) is 72.8 Å². The van der Waals surface area contributed by atoms with Gasteiger partial charge in [0.2, 0.25) is 0 Å². The fraction of sp³-hybridized carbons (Fsp3) is 0.172. The fourth-order valence-electron chi connectivity index (χ4n) is 4.67. The molecule has 1 aliphatic rings. The van der Waals surface area contributed by atoms with Crippen LogP contribution in [0.4, 0.5) is 24.7 Å². The minimum absolute atomic E-state index is 0.269. The smallest absolute Gasteiger partial charge is 0.490 e. The second-order valence-electron chi connectivity index (χ2n) is 9.40. The molecule has 41 heavy (non-hydrogen) atoms. The number of halogens is 3. The number of aliphatic carboxylic acids is 1. The Bertz CT molecular complexity index is 1740. The Hall–Kier alpha value is -5.13. The lowest BCUT2D eigenvalue weighted by Crippen LogP contribution is -2.21. The maximum absolute atomic E-state index is 10.6. The Morgan fingerprint density at radius 1 is 1.02 bits per heavy atom. The number of fused-ring (bicyclic) bond motifs is 2. The van der Waals surface area contributed by atoms with Gasteiger partial charge in [-0.3, -0.25) is 4.68 Å². The summed E-state index contributed by atoms with van der Waals surface area (Å²) in [5.74, 6) is -0.170. The van der Waals surface area contributed by atoms with Gasteiger partial charge in [-0.05, 0) is 46.8 Å². The minimum Gasteiger partial charge on any atom is -0.493 e. The van der Waals surface area contributed by atoms with Crippen molar-refractivity contribution >= 4 is 28.2 Å². The second-order valence-corrected chi connectivity index (χ2v) is 9.40. The standard InChI is InChI=1S/C27H24N6O.C2HF3O2/c1-33-27(31-26(32-33)16-5-3-2-4-6-16)24(18-7-10-23-17(13-18)11-12-34-23)22-15-19-14-20(28)8-9-21(19)25(29)30-22;3-2(4,5)1(6)7/h2-10,13-15,24H,11-12,28H2,1H3,(H2,29,30);(H,6,7). The first kappa shape index (κ1) is 27.4. The average Bonchev–Trinajstić information content (AvgIpc) is 3.55. The molecule has 0 bridgehead atoms. The second kappa shape index (κ2) is 10.8. The van der Waals surface area contributed by atoms with Crippen LogP contribution in [-0.2, 0) is 18.3 Å². The molecule has 0 aliphatic carbocycles. The largest absolute Gasteiger partial charge is 0.493 e. The topological polar surface area (TPSA) is 142 Å². The Morgan fingerprint density at radius 3 is 2.46 bits per heavy atom. The molecule has 0 fully saturated rings. The van der Waals surface area contributed by atoms with Crippen LogP contribution in [0.2, 0.25) is 0 Å². The predicted octanol–water partition coefficient (Wildman–Crippen LogP) is 4.94. The van der Waals surface area contributed by atoms with Crippen molar-refractivity contribution in [3.63, 3.8) is 0 Å². The van der Waals surface area contributed by atoms with Crippen LogP contribution < -0.4 is 16.2 Å². The zero-order valence-electron chi connectivity index (χ0n) is 21.8. The summed E-state index contributed by atoms with van der Waals surface area (Å²) in [4.78, 5) is 18.7. The highest BCUT2D eigenvalue weighted by atomic mass is 19.4. The van der Waals surface area contributed by atoms with Crippen LogP contribution in [-0.4, -0.2) is 43.6 Å². The Labute approximate surface area is 232 Å². The van der Waals surface area contributed by atoms with E-state index in [4.69, 9.17) is 41.2 Å². The molecule has 2 aromatic heterocycles. The average molecular weight is 563 g/mol. The minimum atomic E-state index is -5.08. The quantitative estimate of drug-likeness (QED) is 0.262. The van der Waals surface area contributed by atoms with Crippen LogP contribution in [0.5, 0.6) is 5.75 Å². The molecule has 210 valence electrons. The highest BCUT2D eigenvalue weighted by Crippen LogP contribution is 2.37. The third kappa shape index (κ3) is 5.76. The summed E-state index contributed by atoms with van der Waals surface area (Å²) >= 11 is 0. The molecular formula is C29H25F3N6O3. The highest BCUT2D eigenvalue weighted by Gasteiger charge is 2.38. The van der Waals surface area contributed by atoms with Gasteiger partial charge in [-0.15, -0.1) is 0 Å². The van der Waals surface area contributed by atoms with Gasteiger partial charge in [0.15, 0.2) is 5.82 Å². The lowest BCUT2D eigenvalue weighted by molar-refractivity contribution is -0.192. The van der Waals surface area contributed by atoms with Gasteiger partial charge >= 0.3 is 12.1 Å². The number of rotatable bonds is 4. The number of aromatic nitrogens is 4. The number of ether oxygens (including phenoxy) is 1. The lowest BCUT2D eigenvalue weighted by Gasteiger charge is -2.18. The maximum atomic E-state index is 10.6. The molecule has 0 radical (unpaired) electrons. The maximum Gasteiger partial charge on any atom is 0.490 e. The van der Waals surface area contributed by atoms with E-state index in [0.29, 0.717) is 23.9 Å². The van der Waals surface area contributed by atoms with Crippen molar-refractivity contribution in [3.8, 4) is 17.1 Å². The van der Waals surface area contributed by atoms with Gasteiger partial charge in [0.25, 0.3) is 0 Å². The van der Waals surface area contributed by atoms with E-state index in [2.05, 4.69) is 12.1 Å². The summed E-state index contributed by atoms with van der Waals surface area (Å²) in [7, 11) is 1.92. The number of carboxylic acid groups (broad SMARTS) is 1. The van der Waals surface area contributed by atoms with Crippen LogP contribution >= 0.6 is 0 Å². The molecule has 3 aromatic carbocycles. The van der Waals surface area contributed by atoms with Crippen molar-refractivity contribution in [2.24, 2.45) is 7.05 Å². The molecule has 6 rings (SSSR count). The number of hydrogen-bond donors (Lipinski definition) is 3. The van der Waals surface area contributed by atoms with Crippen LogP contribution in [0.3, 0.4) is 0 Å². The summed E-state index contributed by atoms with van der Waals surface area (Å²) in [5.41, 5.74) is 17.2. The number of aryl methyl sites for hydroxylation is 1. The molecule has 0 saturated carbocycles. The van der Waals surface area contributed by atoms with Crippen LogP contribution in [0.1, 0.15) is 28.6 Å². The summed E-state index contributed by atoms with van der Waals surface area (Å²) in [6.45, 7) is 0.700. The fourth-order valence-corrected chi connectivity index (χ4v) is 4.67. The van der Waals surface area contributed by atoms with Crippen molar-refractivity contribution in [2.75, 3.05) is 18.1 Å². The Balaban J connectivity index is 0.000000431. The number of nitrogen functional groups attached to an aromatic ring is 2. The molecule has 0 saturated heterocycles. The van der Waals surface area contributed by atoms with E-state index in [1.807, 2.05) is 72.4 Å². The molecule has 1 atom stereocenters. The lowest BCUT2D eigenvalue weighted by atomic mass is 9.91. The van der Waals surface area contributed by atoms with E-state index in [1.54, 1.807) is 0 Å². The summed E-state index contributed by atoms with van der Waals surface area (Å²) in [5, 5.41) is 13.7. The van der Waals surface area contributed by atoms with Gasteiger partial charge in [-0.25, -0.2) is 14.8 Å². The number of anilines is 2. The first-order chi connectivity index (χ1) is 19.5. The number of nitrogens with two attached hydrogens (primary N) is 2. The summed E-state index contributed by atoms with van der Waals surface area (Å²) < 4.78 is 39.3. The number of benzene rings is 3. The number of pyridine rings is 1. The first-order valence-corrected chi connectivity index (χ1v) is 12.5. The highest BCUT2D eigenvalue weighted by molar-refractivity contribution is 5.93. The van der Waals surface area contributed by atoms with E-state index in [1.165, 1.54) is 5.56 Å². The van der Waals surface area contributed by atoms with Gasteiger partial charge < -0.3 is 21.3 Å². The van der Waals surface area contributed by atoms with E-state index >= 15 is 0 Å². The van der Waals surface area contributed by atoms with Gasteiger partial charge in [-0.2, -0.15) is 18.3 Å². The molecule has 0 spiro atoms.